The Bertz CT molecular complexity index is 742. The van der Waals surface area contributed by atoms with Crippen molar-refractivity contribution in [1.82, 2.24) is 10.6 Å². The van der Waals surface area contributed by atoms with Crippen molar-refractivity contribution in [3.8, 4) is 0 Å². The van der Waals surface area contributed by atoms with Gasteiger partial charge in [0.05, 0.1) is 12.7 Å². The molecule has 2 amide bonds. The molecule has 1 atom stereocenters. The molecule has 0 spiro atoms. The minimum Gasteiger partial charge on any atom is -0.465 e. The molecule has 2 aromatic rings. The first-order valence-corrected chi connectivity index (χ1v) is 7.80. The molecule has 1 unspecified atom stereocenters. The van der Waals surface area contributed by atoms with E-state index in [1.807, 2.05) is 30.3 Å². The van der Waals surface area contributed by atoms with E-state index in [4.69, 9.17) is 0 Å². The third-order valence-corrected chi connectivity index (χ3v) is 3.72. The van der Waals surface area contributed by atoms with Crippen molar-refractivity contribution in [2.45, 2.75) is 12.5 Å². The molecule has 0 aromatic heterocycles. The summed E-state index contributed by atoms with van der Waals surface area (Å²) in [6.07, 6.45) is 0.381. The van der Waals surface area contributed by atoms with Gasteiger partial charge in [-0.1, -0.05) is 30.3 Å². The number of hydrogen-bond acceptors (Lipinski definition) is 4. The lowest BCUT2D eigenvalue weighted by Crippen LogP contribution is -2.47. The summed E-state index contributed by atoms with van der Waals surface area (Å²) in [5, 5.41) is 5.29. The zero-order chi connectivity index (χ0) is 18.2. The minimum absolute atomic E-state index is 0.275. The first kappa shape index (κ1) is 18.2. The van der Waals surface area contributed by atoms with Crippen LogP contribution in [0.25, 0.3) is 0 Å². The smallest absolute Gasteiger partial charge is 0.337 e. The van der Waals surface area contributed by atoms with Crippen molar-refractivity contribution < 1.29 is 19.1 Å². The highest BCUT2D eigenvalue weighted by molar-refractivity contribution is 5.98. The van der Waals surface area contributed by atoms with Gasteiger partial charge in [-0.3, -0.25) is 9.59 Å². The zero-order valence-corrected chi connectivity index (χ0v) is 14.1. The molecule has 25 heavy (non-hydrogen) atoms. The van der Waals surface area contributed by atoms with Crippen LogP contribution in [0.5, 0.6) is 0 Å². The summed E-state index contributed by atoms with van der Waals surface area (Å²) >= 11 is 0. The van der Waals surface area contributed by atoms with Crippen molar-refractivity contribution >= 4 is 17.8 Å². The minimum atomic E-state index is -0.694. The molecular formula is C19H20N2O4. The van der Waals surface area contributed by atoms with Crippen LogP contribution < -0.4 is 10.6 Å². The van der Waals surface area contributed by atoms with Crippen molar-refractivity contribution in [3.63, 3.8) is 0 Å². The Morgan fingerprint density at radius 3 is 2.12 bits per heavy atom. The fourth-order valence-electron chi connectivity index (χ4n) is 2.35. The van der Waals surface area contributed by atoms with Gasteiger partial charge in [0.2, 0.25) is 5.91 Å². The van der Waals surface area contributed by atoms with E-state index in [-0.39, 0.29) is 11.8 Å². The molecule has 0 heterocycles. The second-order valence-electron chi connectivity index (χ2n) is 5.40. The molecular weight excluding hydrogens is 320 g/mol. The van der Waals surface area contributed by atoms with Gasteiger partial charge in [0, 0.05) is 19.0 Å². The van der Waals surface area contributed by atoms with E-state index in [1.54, 1.807) is 0 Å². The maximum Gasteiger partial charge on any atom is 0.337 e. The maximum absolute atomic E-state index is 12.4. The summed E-state index contributed by atoms with van der Waals surface area (Å²) in [7, 11) is 2.82. The van der Waals surface area contributed by atoms with Gasteiger partial charge in [0.1, 0.15) is 6.04 Å². The van der Waals surface area contributed by atoms with Crippen molar-refractivity contribution in [3.05, 3.63) is 71.3 Å². The molecule has 0 saturated heterocycles. The first-order chi connectivity index (χ1) is 12.0. The predicted molar refractivity (Wildman–Crippen MR) is 93.2 cm³/mol. The molecule has 0 fully saturated rings. The van der Waals surface area contributed by atoms with E-state index >= 15 is 0 Å². The SMILES string of the molecule is CNC(=O)C(Cc1ccccc1)NC(=O)c1ccc(C(=O)OC)cc1. The lowest BCUT2D eigenvalue weighted by atomic mass is 10.0. The van der Waals surface area contributed by atoms with Crippen LogP contribution in [0.1, 0.15) is 26.3 Å². The number of methoxy groups -OCH3 is 1. The molecule has 0 bridgehead atoms. The Kier molecular flexibility index (Phi) is 6.28. The topological polar surface area (TPSA) is 84.5 Å². The summed E-state index contributed by atoms with van der Waals surface area (Å²) in [6.45, 7) is 0. The number of hydrogen-bond donors (Lipinski definition) is 2. The van der Waals surface area contributed by atoms with E-state index in [0.29, 0.717) is 17.5 Å². The highest BCUT2D eigenvalue weighted by atomic mass is 16.5. The van der Waals surface area contributed by atoms with Crippen molar-refractivity contribution in [2.75, 3.05) is 14.2 Å². The van der Waals surface area contributed by atoms with Crippen LogP contribution in [0.3, 0.4) is 0 Å². The third-order valence-electron chi connectivity index (χ3n) is 3.72. The molecule has 0 aliphatic carbocycles. The molecule has 0 aliphatic rings. The van der Waals surface area contributed by atoms with Crippen LogP contribution in [0.15, 0.2) is 54.6 Å². The van der Waals surface area contributed by atoms with E-state index in [9.17, 15) is 14.4 Å². The van der Waals surface area contributed by atoms with Gasteiger partial charge < -0.3 is 15.4 Å². The van der Waals surface area contributed by atoms with Crippen molar-refractivity contribution in [2.24, 2.45) is 0 Å². The van der Waals surface area contributed by atoms with Gasteiger partial charge >= 0.3 is 5.97 Å². The van der Waals surface area contributed by atoms with E-state index in [0.717, 1.165) is 5.56 Å². The lowest BCUT2D eigenvalue weighted by molar-refractivity contribution is -0.122. The largest absolute Gasteiger partial charge is 0.465 e. The number of nitrogens with one attached hydrogen (secondary N) is 2. The summed E-state index contributed by atoms with van der Waals surface area (Å²) in [4.78, 5) is 35.9. The summed E-state index contributed by atoms with van der Waals surface area (Å²) in [6, 6.07) is 14.8. The molecule has 2 N–H and O–H groups in total. The number of benzene rings is 2. The van der Waals surface area contributed by atoms with Crippen LogP contribution in [-0.4, -0.2) is 38.0 Å². The molecule has 2 aromatic carbocycles. The Morgan fingerprint density at radius 2 is 1.56 bits per heavy atom. The Hall–Kier alpha value is -3.15. The normalized spacial score (nSPS) is 11.3. The number of rotatable bonds is 6. The number of esters is 1. The second kappa shape index (κ2) is 8.63. The van der Waals surface area contributed by atoms with Gasteiger partial charge in [0.15, 0.2) is 0 Å². The Balaban J connectivity index is 2.11. The zero-order valence-electron chi connectivity index (χ0n) is 14.1. The number of carbonyl (C=O) groups is 3. The van der Waals surface area contributed by atoms with Crippen LogP contribution in [0.4, 0.5) is 0 Å². The van der Waals surface area contributed by atoms with Gasteiger partial charge in [-0.15, -0.1) is 0 Å². The van der Waals surface area contributed by atoms with Crippen molar-refractivity contribution in [1.29, 1.82) is 0 Å². The molecule has 6 heteroatoms. The Morgan fingerprint density at radius 1 is 0.960 bits per heavy atom. The monoisotopic (exact) mass is 340 g/mol. The fourth-order valence-corrected chi connectivity index (χ4v) is 2.35. The van der Waals surface area contributed by atoms with Gasteiger partial charge in [0.25, 0.3) is 5.91 Å². The molecule has 0 radical (unpaired) electrons. The van der Waals surface area contributed by atoms with E-state index < -0.39 is 12.0 Å². The number of amides is 2. The summed E-state index contributed by atoms with van der Waals surface area (Å²) < 4.78 is 4.62. The molecule has 0 saturated carbocycles. The molecule has 0 aliphatic heterocycles. The number of carbonyl (C=O) groups excluding carboxylic acids is 3. The van der Waals surface area contributed by atoms with Crippen LogP contribution >= 0.6 is 0 Å². The molecule has 2 rings (SSSR count). The fraction of sp³-hybridized carbons (Fsp3) is 0.211. The van der Waals surface area contributed by atoms with Crippen LogP contribution in [0, 0.1) is 0 Å². The standard InChI is InChI=1S/C19H20N2O4/c1-20-18(23)16(12-13-6-4-3-5-7-13)21-17(22)14-8-10-15(11-9-14)19(24)25-2/h3-11,16H,12H2,1-2H3,(H,20,23)(H,21,22). The molecule has 130 valence electrons. The highest BCUT2D eigenvalue weighted by Gasteiger charge is 2.21. The average Bonchev–Trinajstić information content (AvgIpc) is 2.67. The van der Waals surface area contributed by atoms with Gasteiger partial charge in [-0.05, 0) is 29.8 Å². The third kappa shape index (κ3) is 4.91. The Labute approximate surface area is 146 Å². The predicted octanol–water partition coefficient (Wildman–Crippen LogP) is 1.56. The van der Waals surface area contributed by atoms with Gasteiger partial charge in [-0.25, -0.2) is 4.79 Å². The molecule has 6 nitrogen and oxygen atoms in total. The summed E-state index contributed by atoms with van der Waals surface area (Å²) in [5.41, 5.74) is 1.65. The lowest BCUT2D eigenvalue weighted by Gasteiger charge is -2.17. The number of likely N-dealkylation sites (N-methyl/N-ethyl adjacent to an activating group) is 1. The second-order valence-corrected chi connectivity index (χ2v) is 5.40. The maximum atomic E-state index is 12.4. The van der Waals surface area contributed by atoms with Crippen LogP contribution in [-0.2, 0) is 16.0 Å². The quantitative estimate of drug-likeness (QED) is 0.782. The summed E-state index contributed by atoms with van der Waals surface area (Å²) in [5.74, 6) is -1.14. The van der Waals surface area contributed by atoms with E-state index in [1.165, 1.54) is 38.4 Å². The average molecular weight is 340 g/mol. The number of ether oxygens (including phenoxy) is 1. The first-order valence-electron chi connectivity index (χ1n) is 7.80. The van der Waals surface area contributed by atoms with Crippen LogP contribution in [0.2, 0.25) is 0 Å². The highest BCUT2D eigenvalue weighted by Crippen LogP contribution is 2.08. The van der Waals surface area contributed by atoms with E-state index in [2.05, 4.69) is 15.4 Å². The van der Waals surface area contributed by atoms with Gasteiger partial charge in [-0.2, -0.15) is 0 Å².